The van der Waals surface area contributed by atoms with E-state index in [1.165, 1.54) is 38.5 Å². The lowest BCUT2D eigenvalue weighted by Gasteiger charge is -2.38. The number of nitrogens with one attached hydrogen (secondary N) is 1. The summed E-state index contributed by atoms with van der Waals surface area (Å²) in [4.78, 5) is 12.0. The molecule has 0 saturated heterocycles. The Balaban J connectivity index is 0.000000700. The zero-order chi connectivity index (χ0) is 29.8. The van der Waals surface area contributed by atoms with Crippen LogP contribution in [0.15, 0.2) is 47.9 Å². The third-order valence-electron chi connectivity index (χ3n) is 5.86. The van der Waals surface area contributed by atoms with Crippen LogP contribution in [0.2, 0.25) is 0 Å². The average Bonchev–Trinajstić information content (AvgIpc) is 2.83. The number of aliphatic hydroxyl groups is 3. The minimum atomic E-state index is -1.34. The fourth-order valence-corrected chi connectivity index (χ4v) is 4.01. The van der Waals surface area contributed by atoms with Gasteiger partial charge in [0.15, 0.2) is 0 Å². The van der Waals surface area contributed by atoms with Crippen LogP contribution in [0.5, 0.6) is 0 Å². The van der Waals surface area contributed by atoms with Gasteiger partial charge in [-0.1, -0.05) is 40.2 Å². The average molecular weight is 556 g/mol. The van der Waals surface area contributed by atoms with E-state index in [1.807, 2.05) is 13.8 Å². The summed E-state index contributed by atoms with van der Waals surface area (Å²) in [7, 11) is 0. The molecule has 4 unspecified atom stereocenters. The second-order valence-electron chi connectivity index (χ2n) is 9.71. The van der Waals surface area contributed by atoms with E-state index in [0.29, 0.717) is 11.3 Å². The van der Waals surface area contributed by atoms with Crippen LogP contribution < -0.4 is 5.32 Å². The molecule has 6 nitrogen and oxygen atoms in total. The number of hydrogen-bond acceptors (Lipinski definition) is 6. The molecule has 0 spiro atoms. The number of hydrogen-bond donors (Lipinski definition) is 5. The second kappa shape index (κ2) is 16.6. The number of halogens is 2. The summed E-state index contributed by atoms with van der Waals surface area (Å²) in [5, 5.41) is 31.5. The first-order valence-electron chi connectivity index (χ1n) is 12.5. The Morgan fingerprint density at radius 2 is 1.66 bits per heavy atom. The quantitative estimate of drug-likeness (QED) is 0.182. The summed E-state index contributed by atoms with van der Waals surface area (Å²) < 4.78 is 35.8. The van der Waals surface area contributed by atoms with Gasteiger partial charge in [-0.3, -0.25) is 4.79 Å². The largest absolute Gasteiger partial charge is 0.391 e. The van der Waals surface area contributed by atoms with Crippen molar-refractivity contribution >= 4 is 23.6 Å². The molecule has 0 aliphatic carbocycles. The molecule has 1 amide bonds. The van der Waals surface area contributed by atoms with E-state index in [2.05, 4.69) is 25.7 Å². The lowest BCUT2D eigenvalue weighted by molar-refractivity contribution is -0.137. The van der Waals surface area contributed by atoms with Gasteiger partial charge in [-0.05, 0) is 75.1 Å². The lowest BCUT2D eigenvalue weighted by Crippen LogP contribution is -2.52. The fraction of sp³-hybridized carbons (Fsp3) is 0.483. The van der Waals surface area contributed by atoms with E-state index >= 15 is 0 Å². The lowest BCUT2D eigenvalue weighted by atomic mass is 9.76. The summed E-state index contributed by atoms with van der Waals surface area (Å²) >= 11 is 0.225. The summed E-state index contributed by atoms with van der Waals surface area (Å²) in [5.74, 6) is -1.61. The van der Waals surface area contributed by atoms with Gasteiger partial charge in [0.25, 0.3) is 5.91 Å². The molecule has 2 aromatic rings. The Morgan fingerprint density at radius 1 is 1.11 bits per heavy atom. The van der Waals surface area contributed by atoms with E-state index in [9.17, 15) is 28.9 Å². The van der Waals surface area contributed by atoms with E-state index < -0.39 is 35.4 Å². The highest BCUT2D eigenvalue weighted by molar-refractivity contribution is 7.93. The highest BCUT2D eigenvalue weighted by Gasteiger charge is 2.40. The molecule has 0 fully saturated rings. The number of rotatable bonds is 8. The number of amides is 1. The third kappa shape index (κ3) is 10.5. The molecule has 2 aromatic carbocycles. The van der Waals surface area contributed by atoms with Crippen molar-refractivity contribution in [2.45, 2.75) is 84.5 Å². The van der Waals surface area contributed by atoms with Gasteiger partial charge in [-0.25, -0.2) is 8.78 Å². The van der Waals surface area contributed by atoms with Gasteiger partial charge < -0.3 is 25.2 Å². The van der Waals surface area contributed by atoms with E-state index in [-0.39, 0.29) is 34.3 Å². The Kier molecular flexibility index (Phi) is 15.6. The Bertz CT molecular complexity index is 1020. The molecule has 214 valence electrons. The molecular weight excluding hydrogens is 512 g/mol. The monoisotopic (exact) mass is 555 g/mol. The first-order valence-corrected chi connectivity index (χ1v) is 13.3. The minimum Gasteiger partial charge on any atom is -0.391 e. The van der Waals surface area contributed by atoms with Crippen LogP contribution in [0, 0.1) is 37.3 Å². The molecule has 0 aliphatic rings. The maximum atomic E-state index is 13.6. The molecule has 0 bridgehead atoms. The minimum absolute atomic E-state index is 0.0473. The van der Waals surface area contributed by atoms with Gasteiger partial charge in [-0.15, -0.1) is 6.58 Å². The van der Waals surface area contributed by atoms with Crippen molar-refractivity contribution in [2.75, 3.05) is 5.32 Å². The third-order valence-corrected chi connectivity index (χ3v) is 6.37. The van der Waals surface area contributed by atoms with Crippen LogP contribution in [0.3, 0.4) is 0 Å². The van der Waals surface area contributed by atoms with Crippen LogP contribution in [-0.2, 0) is 0 Å². The van der Waals surface area contributed by atoms with Crippen molar-refractivity contribution in [3.8, 4) is 0 Å². The second-order valence-corrected chi connectivity index (χ2v) is 10.3. The van der Waals surface area contributed by atoms with E-state index in [4.69, 9.17) is 4.55 Å². The first-order chi connectivity index (χ1) is 17.6. The predicted octanol–water partition coefficient (Wildman–Crippen LogP) is 6.75. The molecule has 0 heterocycles. The van der Waals surface area contributed by atoms with Crippen molar-refractivity contribution in [2.24, 2.45) is 11.8 Å². The molecule has 5 N–H and O–H groups in total. The van der Waals surface area contributed by atoms with Crippen molar-refractivity contribution < 1.29 is 33.4 Å². The molecule has 2 rings (SSSR count). The van der Waals surface area contributed by atoms with Gasteiger partial charge in [0.05, 0.1) is 16.6 Å². The smallest absolute Gasteiger partial charge is 0.255 e. The highest BCUT2D eigenvalue weighted by atomic mass is 32.2. The summed E-state index contributed by atoms with van der Waals surface area (Å²) in [6.07, 6.45) is 0.759. The summed E-state index contributed by atoms with van der Waals surface area (Å²) in [5.41, 5.74) is 0.392. The Morgan fingerprint density at radius 3 is 2.08 bits per heavy atom. The molecular formula is C29H43F2NO5S. The number of anilines is 1. The number of aliphatic hydroxyl groups excluding tert-OH is 2. The molecule has 0 aliphatic heterocycles. The van der Waals surface area contributed by atoms with Crippen molar-refractivity contribution in [1.82, 2.24) is 0 Å². The standard InChI is InChI=1S/C15H13F2NO2S.C11H22O3.C3H8/c1-8-5-11(7-13(17)9(8)2)18-15(19)10-3-4-12(16)14(6-10)21-20;1-6-9(7(2)3)11(5,14)10(13)8(4)12;1-3-2/h3-7,20H,1-2H3,(H,18,19);6-10,12-14H,1H2,2-5H3;3H2,1-2H3. The fourth-order valence-electron chi connectivity index (χ4n) is 3.68. The van der Waals surface area contributed by atoms with Crippen LogP contribution in [0.4, 0.5) is 14.5 Å². The van der Waals surface area contributed by atoms with Crippen molar-refractivity contribution in [3.63, 3.8) is 0 Å². The number of benzene rings is 2. The normalized spacial score (nSPS) is 14.6. The molecule has 0 aromatic heterocycles. The van der Waals surface area contributed by atoms with Gasteiger partial charge in [0.2, 0.25) is 0 Å². The molecule has 0 saturated carbocycles. The Hall–Kier alpha value is -2.30. The van der Waals surface area contributed by atoms with Crippen LogP contribution in [0.1, 0.15) is 69.4 Å². The van der Waals surface area contributed by atoms with Crippen LogP contribution in [0.25, 0.3) is 0 Å². The Labute approximate surface area is 230 Å². The van der Waals surface area contributed by atoms with Gasteiger partial charge in [0, 0.05) is 29.2 Å². The van der Waals surface area contributed by atoms with Gasteiger partial charge >= 0.3 is 0 Å². The van der Waals surface area contributed by atoms with Crippen molar-refractivity contribution in [3.05, 3.63) is 71.3 Å². The number of carbonyl (C=O) groups is 1. The number of carbonyl (C=O) groups excluding carboxylic acids is 1. The topological polar surface area (TPSA) is 110 Å². The number of aryl methyl sites for hydroxylation is 1. The van der Waals surface area contributed by atoms with Crippen LogP contribution >= 0.6 is 12.0 Å². The predicted molar refractivity (Wildman–Crippen MR) is 152 cm³/mol. The molecule has 0 radical (unpaired) electrons. The zero-order valence-electron chi connectivity index (χ0n) is 23.5. The summed E-state index contributed by atoms with van der Waals surface area (Å²) in [6, 6.07) is 6.50. The van der Waals surface area contributed by atoms with E-state index in [0.717, 1.165) is 11.6 Å². The first kappa shape index (κ1) is 35.7. The van der Waals surface area contributed by atoms with Gasteiger partial charge in [-0.2, -0.15) is 0 Å². The maximum absolute atomic E-state index is 13.6. The SMILES string of the molecule is C=CC(C(C)C)C(C)(O)C(O)C(C)O.CCC.Cc1cc(NC(=O)c2ccc(F)c(SO)c2)cc(F)c1C. The van der Waals surface area contributed by atoms with E-state index in [1.54, 1.807) is 26.0 Å². The molecule has 4 atom stereocenters. The maximum Gasteiger partial charge on any atom is 0.255 e. The van der Waals surface area contributed by atoms with Crippen LogP contribution in [-0.4, -0.2) is 43.6 Å². The van der Waals surface area contributed by atoms with Gasteiger partial charge in [0.1, 0.15) is 17.7 Å². The highest BCUT2D eigenvalue weighted by Crippen LogP contribution is 2.30. The molecule has 38 heavy (non-hydrogen) atoms. The zero-order valence-corrected chi connectivity index (χ0v) is 24.4. The summed E-state index contributed by atoms with van der Waals surface area (Å²) in [6.45, 7) is 18.1. The molecule has 9 heteroatoms. The van der Waals surface area contributed by atoms with Crippen molar-refractivity contribution in [1.29, 1.82) is 0 Å².